The number of carbonyl (C=O) groups excluding carboxylic acids is 1. The molecule has 0 aromatic carbocycles. The van der Waals surface area contributed by atoms with Gasteiger partial charge in [0.05, 0.1) is 4.88 Å². The number of nitrogens with one attached hydrogen (secondary N) is 1. The Morgan fingerprint density at radius 2 is 2.06 bits per heavy atom. The SMILES string of the molecule is CCC1CCC(CNC(=O)c2cccs2)CC1. The molecule has 1 heterocycles. The fraction of sp³-hybridized carbons (Fsp3) is 0.643. The molecule has 0 radical (unpaired) electrons. The molecule has 3 heteroatoms. The minimum Gasteiger partial charge on any atom is -0.351 e. The van der Waals surface area contributed by atoms with Crippen molar-refractivity contribution in [1.29, 1.82) is 0 Å². The summed E-state index contributed by atoms with van der Waals surface area (Å²) < 4.78 is 0. The van der Waals surface area contributed by atoms with Crippen molar-refractivity contribution in [2.24, 2.45) is 11.8 Å². The third-order valence-electron chi connectivity index (χ3n) is 3.84. The number of amides is 1. The molecule has 0 aliphatic heterocycles. The maximum atomic E-state index is 11.8. The highest BCUT2D eigenvalue weighted by Crippen LogP contribution is 2.30. The summed E-state index contributed by atoms with van der Waals surface area (Å²) in [6.07, 6.45) is 6.56. The van der Waals surface area contributed by atoms with Gasteiger partial charge in [0.15, 0.2) is 0 Å². The molecule has 1 saturated carbocycles. The van der Waals surface area contributed by atoms with Gasteiger partial charge in [0.25, 0.3) is 5.91 Å². The molecule has 0 bridgehead atoms. The Morgan fingerprint density at radius 1 is 1.35 bits per heavy atom. The zero-order valence-corrected chi connectivity index (χ0v) is 11.3. The molecule has 1 amide bonds. The van der Waals surface area contributed by atoms with Crippen LogP contribution < -0.4 is 5.32 Å². The average Bonchev–Trinajstić information content (AvgIpc) is 2.90. The first-order chi connectivity index (χ1) is 8.29. The van der Waals surface area contributed by atoms with Crippen LogP contribution in [0.5, 0.6) is 0 Å². The summed E-state index contributed by atoms with van der Waals surface area (Å²) in [6, 6.07) is 3.81. The van der Waals surface area contributed by atoms with Crippen LogP contribution in [0, 0.1) is 11.8 Å². The minimum absolute atomic E-state index is 0.0950. The van der Waals surface area contributed by atoms with Crippen molar-refractivity contribution in [2.45, 2.75) is 39.0 Å². The molecule has 1 N–H and O–H groups in total. The van der Waals surface area contributed by atoms with E-state index in [-0.39, 0.29) is 5.91 Å². The monoisotopic (exact) mass is 251 g/mol. The van der Waals surface area contributed by atoms with E-state index in [0.717, 1.165) is 17.3 Å². The second-order valence-electron chi connectivity index (χ2n) is 4.98. The van der Waals surface area contributed by atoms with Gasteiger partial charge in [-0.3, -0.25) is 4.79 Å². The fourth-order valence-electron chi connectivity index (χ4n) is 2.58. The number of carbonyl (C=O) groups is 1. The van der Waals surface area contributed by atoms with Crippen molar-refractivity contribution in [3.05, 3.63) is 22.4 Å². The lowest BCUT2D eigenvalue weighted by atomic mass is 9.81. The van der Waals surface area contributed by atoms with E-state index < -0.39 is 0 Å². The molecule has 2 nitrogen and oxygen atoms in total. The third kappa shape index (κ3) is 3.56. The lowest BCUT2D eigenvalue weighted by Gasteiger charge is -2.27. The van der Waals surface area contributed by atoms with Crippen LogP contribution in [-0.2, 0) is 0 Å². The van der Waals surface area contributed by atoms with Gasteiger partial charge in [-0.15, -0.1) is 11.3 Å². The van der Waals surface area contributed by atoms with E-state index in [2.05, 4.69) is 12.2 Å². The van der Waals surface area contributed by atoms with Crippen LogP contribution in [0.1, 0.15) is 48.7 Å². The van der Waals surface area contributed by atoms with Crippen molar-refractivity contribution in [3.63, 3.8) is 0 Å². The fourth-order valence-corrected chi connectivity index (χ4v) is 3.22. The lowest BCUT2D eigenvalue weighted by molar-refractivity contribution is 0.0945. The largest absolute Gasteiger partial charge is 0.351 e. The van der Waals surface area contributed by atoms with Crippen LogP contribution in [0.25, 0.3) is 0 Å². The van der Waals surface area contributed by atoms with Crippen molar-refractivity contribution in [2.75, 3.05) is 6.54 Å². The van der Waals surface area contributed by atoms with Crippen molar-refractivity contribution < 1.29 is 4.79 Å². The van der Waals surface area contributed by atoms with E-state index in [4.69, 9.17) is 0 Å². The number of hydrogen-bond donors (Lipinski definition) is 1. The zero-order chi connectivity index (χ0) is 12.1. The first-order valence-corrected chi connectivity index (χ1v) is 7.49. The molecule has 1 aliphatic carbocycles. The van der Waals surface area contributed by atoms with E-state index in [1.165, 1.54) is 43.4 Å². The Morgan fingerprint density at radius 3 is 2.65 bits per heavy atom. The second kappa shape index (κ2) is 6.20. The van der Waals surface area contributed by atoms with E-state index in [1.54, 1.807) is 0 Å². The maximum absolute atomic E-state index is 11.8. The van der Waals surface area contributed by atoms with E-state index in [1.807, 2.05) is 17.5 Å². The first-order valence-electron chi connectivity index (χ1n) is 6.61. The van der Waals surface area contributed by atoms with Gasteiger partial charge in [0.1, 0.15) is 0 Å². The van der Waals surface area contributed by atoms with Crippen molar-refractivity contribution in [1.82, 2.24) is 5.32 Å². The summed E-state index contributed by atoms with van der Waals surface area (Å²) in [7, 11) is 0. The van der Waals surface area contributed by atoms with Crippen molar-refractivity contribution in [3.8, 4) is 0 Å². The quantitative estimate of drug-likeness (QED) is 0.868. The lowest BCUT2D eigenvalue weighted by Crippen LogP contribution is -2.30. The topological polar surface area (TPSA) is 29.1 Å². The average molecular weight is 251 g/mol. The van der Waals surface area contributed by atoms with Gasteiger partial charge in [0.2, 0.25) is 0 Å². The number of thiophene rings is 1. The molecule has 0 unspecified atom stereocenters. The third-order valence-corrected chi connectivity index (χ3v) is 4.71. The van der Waals surface area contributed by atoms with Crippen LogP contribution in [0.15, 0.2) is 17.5 Å². The molecule has 0 saturated heterocycles. The van der Waals surface area contributed by atoms with Gasteiger partial charge >= 0.3 is 0 Å². The molecular weight excluding hydrogens is 230 g/mol. The normalized spacial score (nSPS) is 24.5. The van der Waals surface area contributed by atoms with Gasteiger partial charge < -0.3 is 5.32 Å². The highest BCUT2D eigenvalue weighted by Gasteiger charge is 2.20. The standard InChI is InChI=1S/C14H21NOS/c1-2-11-5-7-12(8-6-11)10-15-14(16)13-4-3-9-17-13/h3-4,9,11-12H,2,5-8,10H2,1H3,(H,15,16). The van der Waals surface area contributed by atoms with E-state index in [9.17, 15) is 4.79 Å². The van der Waals surface area contributed by atoms with E-state index in [0.29, 0.717) is 5.92 Å². The molecule has 17 heavy (non-hydrogen) atoms. The molecule has 1 aromatic heterocycles. The van der Waals surface area contributed by atoms with Crippen LogP contribution in [0.4, 0.5) is 0 Å². The Hall–Kier alpha value is -0.830. The van der Waals surface area contributed by atoms with Gasteiger partial charge in [-0.05, 0) is 36.1 Å². The molecule has 94 valence electrons. The summed E-state index contributed by atoms with van der Waals surface area (Å²) in [4.78, 5) is 12.6. The predicted octanol–water partition coefficient (Wildman–Crippen LogP) is 3.69. The van der Waals surface area contributed by atoms with Crippen LogP contribution in [0.3, 0.4) is 0 Å². The molecule has 0 atom stereocenters. The van der Waals surface area contributed by atoms with Gasteiger partial charge in [-0.1, -0.05) is 32.3 Å². The van der Waals surface area contributed by atoms with Gasteiger partial charge in [0, 0.05) is 6.54 Å². The minimum atomic E-state index is 0.0950. The van der Waals surface area contributed by atoms with Crippen molar-refractivity contribution >= 4 is 17.2 Å². The first kappa shape index (κ1) is 12.6. The Labute approximate surface area is 107 Å². The molecule has 1 aromatic rings. The highest BCUT2D eigenvalue weighted by atomic mass is 32.1. The smallest absolute Gasteiger partial charge is 0.261 e. The predicted molar refractivity (Wildman–Crippen MR) is 72.4 cm³/mol. The zero-order valence-electron chi connectivity index (χ0n) is 10.4. The van der Waals surface area contributed by atoms with Crippen LogP contribution >= 0.6 is 11.3 Å². The summed E-state index contributed by atoms with van der Waals surface area (Å²) in [5, 5.41) is 5.00. The maximum Gasteiger partial charge on any atom is 0.261 e. The number of rotatable bonds is 4. The molecule has 1 fully saturated rings. The second-order valence-corrected chi connectivity index (χ2v) is 5.93. The Bertz CT molecular complexity index is 339. The molecule has 0 spiro atoms. The molecular formula is C14H21NOS. The molecule has 1 aliphatic rings. The van der Waals surface area contributed by atoms with Crippen LogP contribution in [0.2, 0.25) is 0 Å². The Balaban J connectivity index is 1.71. The van der Waals surface area contributed by atoms with E-state index >= 15 is 0 Å². The van der Waals surface area contributed by atoms with Gasteiger partial charge in [-0.2, -0.15) is 0 Å². The summed E-state index contributed by atoms with van der Waals surface area (Å²) in [5.41, 5.74) is 0. The number of hydrogen-bond acceptors (Lipinski definition) is 2. The molecule has 2 rings (SSSR count). The van der Waals surface area contributed by atoms with Gasteiger partial charge in [-0.25, -0.2) is 0 Å². The summed E-state index contributed by atoms with van der Waals surface area (Å²) >= 11 is 1.51. The Kier molecular flexibility index (Phi) is 4.60. The highest BCUT2D eigenvalue weighted by molar-refractivity contribution is 7.12. The summed E-state index contributed by atoms with van der Waals surface area (Å²) in [5.74, 6) is 1.72. The summed E-state index contributed by atoms with van der Waals surface area (Å²) in [6.45, 7) is 3.14. The van der Waals surface area contributed by atoms with Crippen LogP contribution in [-0.4, -0.2) is 12.5 Å².